The first-order chi connectivity index (χ1) is 14.8. The molecule has 160 valence electrons. The average Bonchev–Trinajstić information content (AvgIpc) is 3.25. The van der Waals surface area contributed by atoms with Gasteiger partial charge in [-0.1, -0.05) is 61.5 Å². The van der Waals surface area contributed by atoms with Crippen molar-refractivity contribution in [1.82, 2.24) is 15.3 Å². The Morgan fingerprint density at radius 2 is 1.65 bits per heavy atom. The minimum atomic E-state index is -1.27. The number of carboxylic acid groups (broad SMARTS) is 2. The largest absolute Gasteiger partial charge is 0.481 e. The number of benzene rings is 2. The molecule has 2 atom stereocenters. The fourth-order valence-corrected chi connectivity index (χ4v) is 3.28. The van der Waals surface area contributed by atoms with E-state index in [1.807, 2.05) is 54.6 Å². The minimum absolute atomic E-state index is 0.0650. The first-order valence-corrected chi connectivity index (χ1v) is 9.80. The number of aromatic nitrogens is 2. The molecule has 4 N–H and O–H groups in total. The third-order valence-corrected chi connectivity index (χ3v) is 4.95. The molecule has 0 spiro atoms. The third-order valence-electron chi connectivity index (χ3n) is 4.95. The van der Waals surface area contributed by atoms with Crippen LogP contribution in [0.1, 0.15) is 40.0 Å². The van der Waals surface area contributed by atoms with Gasteiger partial charge in [0.05, 0.1) is 5.92 Å². The SMILES string of the molecule is C[C@H](C[C@@H](Cc1ccc(-c2ccccc2)cc1)NC(=O)c1c[nH]c(C(=O)O)n1)C(=O)O. The number of H-pyrrole nitrogens is 1. The predicted octanol–water partition coefficient (Wildman–Crippen LogP) is 3.23. The second-order valence-corrected chi connectivity index (χ2v) is 7.35. The van der Waals surface area contributed by atoms with Crippen LogP contribution in [0.4, 0.5) is 0 Å². The van der Waals surface area contributed by atoms with Gasteiger partial charge in [-0.05, 0) is 29.5 Å². The zero-order valence-electron chi connectivity index (χ0n) is 16.9. The molecule has 0 radical (unpaired) electrons. The van der Waals surface area contributed by atoms with E-state index in [9.17, 15) is 19.5 Å². The molecule has 1 heterocycles. The highest BCUT2D eigenvalue weighted by Crippen LogP contribution is 2.20. The van der Waals surface area contributed by atoms with E-state index in [0.717, 1.165) is 16.7 Å². The Labute approximate surface area is 179 Å². The first kappa shape index (κ1) is 21.8. The van der Waals surface area contributed by atoms with Crippen molar-refractivity contribution in [2.24, 2.45) is 5.92 Å². The van der Waals surface area contributed by atoms with E-state index in [2.05, 4.69) is 15.3 Å². The normalized spacial score (nSPS) is 12.7. The molecule has 3 rings (SSSR count). The topological polar surface area (TPSA) is 132 Å². The van der Waals surface area contributed by atoms with E-state index in [1.54, 1.807) is 6.92 Å². The second kappa shape index (κ2) is 9.71. The number of carbonyl (C=O) groups is 3. The summed E-state index contributed by atoms with van der Waals surface area (Å²) >= 11 is 0. The molecule has 2 aromatic carbocycles. The van der Waals surface area contributed by atoms with E-state index in [-0.39, 0.29) is 17.9 Å². The van der Waals surface area contributed by atoms with Crippen LogP contribution in [0.5, 0.6) is 0 Å². The van der Waals surface area contributed by atoms with Crippen LogP contribution in [0.2, 0.25) is 0 Å². The average molecular weight is 421 g/mol. The van der Waals surface area contributed by atoms with Crippen LogP contribution in [0, 0.1) is 5.92 Å². The smallest absolute Gasteiger partial charge is 0.371 e. The summed E-state index contributed by atoms with van der Waals surface area (Å²) in [6.07, 6.45) is 1.86. The fraction of sp³-hybridized carbons (Fsp3) is 0.217. The standard InChI is InChI=1S/C23H23N3O5/c1-14(22(28)29)11-18(25-21(27)19-13-24-20(26-19)23(30)31)12-15-7-9-17(10-8-15)16-5-3-2-4-6-16/h2-10,13-14,18H,11-12H2,1H3,(H,24,26)(H,25,27)(H,28,29)(H,30,31)/t14-,18+/m1/s1. The van der Waals surface area contributed by atoms with Crippen molar-refractivity contribution in [1.29, 1.82) is 0 Å². The van der Waals surface area contributed by atoms with Gasteiger partial charge in [0, 0.05) is 12.2 Å². The van der Waals surface area contributed by atoms with Gasteiger partial charge in [-0.15, -0.1) is 0 Å². The maximum absolute atomic E-state index is 12.5. The molecule has 1 aromatic heterocycles. The summed E-state index contributed by atoms with van der Waals surface area (Å²) in [5.74, 6) is -3.78. The van der Waals surface area contributed by atoms with Crippen molar-refractivity contribution in [3.05, 3.63) is 77.9 Å². The first-order valence-electron chi connectivity index (χ1n) is 9.80. The number of hydrogen-bond acceptors (Lipinski definition) is 4. The number of nitrogens with one attached hydrogen (secondary N) is 2. The van der Waals surface area contributed by atoms with Crippen LogP contribution in [0.3, 0.4) is 0 Å². The summed E-state index contributed by atoms with van der Waals surface area (Å²) in [7, 11) is 0. The molecule has 0 unspecified atom stereocenters. The number of amides is 1. The zero-order chi connectivity index (χ0) is 22.4. The highest BCUT2D eigenvalue weighted by atomic mass is 16.4. The summed E-state index contributed by atoms with van der Waals surface area (Å²) in [6, 6.07) is 17.3. The molecular weight excluding hydrogens is 398 g/mol. The molecule has 8 nitrogen and oxygen atoms in total. The number of imidazole rings is 1. The Morgan fingerprint density at radius 3 is 2.23 bits per heavy atom. The van der Waals surface area contributed by atoms with Gasteiger partial charge in [0.2, 0.25) is 5.82 Å². The Hall–Kier alpha value is -3.94. The lowest BCUT2D eigenvalue weighted by Gasteiger charge is -2.20. The van der Waals surface area contributed by atoms with Crippen LogP contribution in [-0.4, -0.2) is 44.1 Å². The fourth-order valence-electron chi connectivity index (χ4n) is 3.28. The minimum Gasteiger partial charge on any atom is -0.481 e. The van der Waals surface area contributed by atoms with Crippen molar-refractivity contribution >= 4 is 17.8 Å². The number of carboxylic acids is 2. The lowest BCUT2D eigenvalue weighted by atomic mass is 9.95. The Kier molecular flexibility index (Phi) is 6.81. The molecule has 0 aliphatic rings. The van der Waals surface area contributed by atoms with Crippen molar-refractivity contribution < 1.29 is 24.6 Å². The zero-order valence-corrected chi connectivity index (χ0v) is 16.9. The summed E-state index contributed by atoms with van der Waals surface area (Å²) in [4.78, 5) is 41.0. The lowest BCUT2D eigenvalue weighted by Crippen LogP contribution is -2.38. The van der Waals surface area contributed by atoms with E-state index in [1.165, 1.54) is 6.20 Å². The molecule has 0 bridgehead atoms. The van der Waals surface area contributed by atoms with Crippen molar-refractivity contribution in [3.63, 3.8) is 0 Å². The van der Waals surface area contributed by atoms with E-state index < -0.39 is 29.8 Å². The molecule has 0 saturated heterocycles. The van der Waals surface area contributed by atoms with E-state index >= 15 is 0 Å². The quantitative estimate of drug-likeness (QED) is 0.419. The van der Waals surface area contributed by atoms with Gasteiger partial charge in [-0.25, -0.2) is 9.78 Å². The predicted molar refractivity (Wildman–Crippen MR) is 114 cm³/mol. The summed E-state index contributed by atoms with van der Waals surface area (Å²) in [5, 5.41) is 21.0. The molecular formula is C23H23N3O5. The van der Waals surface area contributed by atoms with Crippen molar-refractivity contribution in [3.8, 4) is 11.1 Å². The van der Waals surface area contributed by atoms with Crippen LogP contribution >= 0.6 is 0 Å². The number of nitrogens with zero attached hydrogens (tertiary/aromatic N) is 1. The van der Waals surface area contributed by atoms with Crippen LogP contribution in [0.15, 0.2) is 60.8 Å². The molecule has 1 amide bonds. The van der Waals surface area contributed by atoms with Crippen molar-refractivity contribution in [2.75, 3.05) is 0 Å². The van der Waals surface area contributed by atoms with Gasteiger partial charge in [-0.3, -0.25) is 9.59 Å². The van der Waals surface area contributed by atoms with Gasteiger partial charge < -0.3 is 20.5 Å². The monoisotopic (exact) mass is 421 g/mol. The molecule has 0 fully saturated rings. The summed E-state index contributed by atoms with van der Waals surface area (Å²) in [6.45, 7) is 1.58. The van der Waals surface area contributed by atoms with Crippen LogP contribution < -0.4 is 5.32 Å². The number of rotatable bonds is 9. The van der Waals surface area contributed by atoms with Crippen LogP contribution in [-0.2, 0) is 11.2 Å². The van der Waals surface area contributed by atoms with Gasteiger partial charge in [0.1, 0.15) is 5.69 Å². The number of aromatic amines is 1. The van der Waals surface area contributed by atoms with Crippen LogP contribution in [0.25, 0.3) is 11.1 Å². The second-order valence-electron chi connectivity index (χ2n) is 7.35. The number of aliphatic carboxylic acids is 1. The number of carbonyl (C=O) groups excluding carboxylic acids is 1. The number of aromatic carboxylic acids is 1. The molecule has 8 heteroatoms. The lowest BCUT2D eigenvalue weighted by molar-refractivity contribution is -0.141. The molecule has 0 saturated carbocycles. The van der Waals surface area contributed by atoms with Gasteiger partial charge >= 0.3 is 11.9 Å². The van der Waals surface area contributed by atoms with Gasteiger partial charge in [-0.2, -0.15) is 0 Å². The van der Waals surface area contributed by atoms with E-state index in [0.29, 0.717) is 6.42 Å². The maximum atomic E-state index is 12.5. The molecule has 0 aliphatic carbocycles. The maximum Gasteiger partial charge on any atom is 0.371 e. The summed E-state index contributed by atoms with van der Waals surface area (Å²) in [5.41, 5.74) is 3.02. The van der Waals surface area contributed by atoms with Gasteiger partial charge in [0.15, 0.2) is 0 Å². The summed E-state index contributed by atoms with van der Waals surface area (Å²) < 4.78 is 0. The highest BCUT2D eigenvalue weighted by Gasteiger charge is 2.22. The van der Waals surface area contributed by atoms with Crippen molar-refractivity contribution in [2.45, 2.75) is 25.8 Å². The Morgan fingerprint density at radius 1 is 1.00 bits per heavy atom. The Balaban J connectivity index is 1.74. The van der Waals surface area contributed by atoms with Gasteiger partial charge in [0.25, 0.3) is 5.91 Å². The highest BCUT2D eigenvalue weighted by molar-refractivity contribution is 5.94. The Bertz CT molecular complexity index is 1060. The third kappa shape index (κ3) is 5.79. The number of hydrogen-bond donors (Lipinski definition) is 4. The van der Waals surface area contributed by atoms with E-state index in [4.69, 9.17) is 5.11 Å². The molecule has 3 aromatic rings. The molecule has 0 aliphatic heterocycles. The molecule has 31 heavy (non-hydrogen) atoms.